The first-order valence-corrected chi connectivity index (χ1v) is 11.3. The quantitative estimate of drug-likeness (QED) is 0.672. The third-order valence-electron chi connectivity index (χ3n) is 6.57. The first-order valence-electron chi connectivity index (χ1n) is 11.3. The SMILES string of the molecule is CC(C)NC(=O)Cn1c(-c2ccccc2)nc2ccc(N3C[C@@H]4C[C@H]3CN4C)cc2c1=O. The first-order chi connectivity index (χ1) is 15.4. The number of nitrogens with zero attached hydrogens (tertiary/aromatic N) is 4. The lowest BCUT2D eigenvalue weighted by Gasteiger charge is -2.33. The normalized spacial score (nSPS) is 20.4. The minimum absolute atomic E-state index is 0.00196. The van der Waals surface area contributed by atoms with Crippen LogP contribution in [0, 0.1) is 0 Å². The Labute approximate surface area is 187 Å². The molecule has 3 heterocycles. The van der Waals surface area contributed by atoms with Crippen LogP contribution in [0.25, 0.3) is 22.3 Å². The maximum Gasteiger partial charge on any atom is 0.262 e. The number of likely N-dealkylation sites (N-methyl/N-ethyl adjacent to an activating group) is 1. The zero-order chi connectivity index (χ0) is 22.4. The van der Waals surface area contributed by atoms with Crippen molar-refractivity contribution < 1.29 is 4.79 Å². The molecule has 3 aromatic rings. The lowest BCUT2D eigenvalue weighted by atomic mass is 10.1. The Morgan fingerprint density at radius 2 is 1.91 bits per heavy atom. The van der Waals surface area contributed by atoms with Crippen LogP contribution in [-0.4, -0.2) is 58.6 Å². The van der Waals surface area contributed by atoms with Crippen LogP contribution in [0.15, 0.2) is 53.3 Å². The summed E-state index contributed by atoms with van der Waals surface area (Å²) in [5.41, 5.74) is 2.34. The number of carbonyl (C=O) groups excluding carboxylic acids is 1. The van der Waals surface area contributed by atoms with E-state index in [9.17, 15) is 9.59 Å². The molecule has 5 rings (SSSR count). The number of anilines is 1. The molecule has 0 aliphatic carbocycles. The second kappa shape index (κ2) is 8.06. The van der Waals surface area contributed by atoms with Crippen LogP contribution in [0.1, 0.15) is 20.3 Å². The molecule has 1 N–H and O–H groups in total. The van der Waals surface area contributed by atoms with Gasteiger partial charge in [0, 0.05) is 42.5 Å². The van der Waals surface area contributed by atoms with Crippen molar-refractivity contribution in [3.8, 4) is 11.4 Å². The Hall–Kier alpha value is -3.19. The molecular formula is C25H29N5O2. The molecule has 2 aliphatic heterocycles. The highest BCUT2D eigenvalue weighted by atomic mass is 16.2. The highest BCUT2D eigenvalue weighted by molar-refractivity contribution is 5.85. The summed E-state index contributed by atoms with van der Waals surface area (Å²) in [6.45, 7) is 5.78. The summed E-state index contributed by atoms with van der Waals surface area (Å²) in [6.07, 6.45) is 1.17. The first kappa shape index (κ1) is 20.7. The Morgan fingerprint density at radius 3 is 2.56 bits per heavy atom. The van der Waals surface area contributed by atoms with Crippen LogP contribution in [0.4, 0.5) is 5.69 Å². The van der Waals surface area contributed by atoms with E-state index in [0.717, 1.165) is 24.3 Å². The second-order valence-corrected chi connectivity index (χ2v) is 9.25. The van der Waals surface area contributed by atoms with Crippen LogP contribution in [0.2, 0.25) is 0 Å². The van der Waals surface area contributed by atoms with Gasteiger partial charge in [0.15, 0.2) is 0 Å². The van der Waals surface area contributed by atoms with E-state index in [1.165, 1.54) is 11.0 Å². The van der Waals surface area contributed by atoms with Gasteiger partial charge in [0.05, 0.1) is 10.9 Å². The maximum absolute atomic E-state index is 13.6. The van der Waals surface area contributed by atoms with Gasteiger partial charge < -0.3 is 10.2 Å². The highest BCUT2D eigenvalue weighted by Gasteiger charge is 2.41. The molecule has 2 aliphatic rings. The Kier molecular flexibility index (Phi) is 5.21. The van der Waals surface area contributed by atoms with Crippen LogP contribution in [0.5, 0.6) is 0 Å². The molecule has 2 fully saturated rings. The average Bonchev–Trinajstić information content (AvgIpc) is 3.35. The van der Waals surface area contributed by atoms with Crippen molar-refractivity contribution in [1.29, 1.82) is 0 Å². The number of likely N-dealkylation sites (tertiary alicyclic amines) is 1. The molecule has 2 bridgehead atoms. The van der Waals surface area contributed by atoms with Crippen LogP contribution in [-0.2, 0) is 11.3 Å². The number of piperazine rings is 1. The minimum atomic E-state index is -0.198. The van der Waals surface area contributed by atoms with Gasteiger partial charge in [0.1, 0.15) is 12.4 Å². The van der Waals surface area contributed by atoms with Gasteiger partial charge in [0.2, 0.25) is 5.91 Å². The molecule has 1 amide bonds. The van der Waals surface area contributed by atoms with Crippen molar-refractivity contribution >= 4 is 22.5 Å². The van der Waals surface area contributed by atoms with E-state index in [1.807, 2.05) is 56.3 Å². The van der Waals surface area contributed by atoms with Gasteiger partial charge in [-0.05, 0) is 45.5 Å². The molecule has 32 heavy (non-hydrogen) atoms. The molecule has 0 unspecified atom stereocenters. The van der Waals surface area contributed by atoms with Crippen molar-refractivity contribution in [3.05, 3.63) is 58.9 Å². The van der Waals surface area contributed by atoms with Crippen molar-refractivity contribution in [3.63, 3.8) is 0 Å². The van der Waals surface area contributed by atoms with Crippen molar-refractivity contribution in [2.75, 3.05) is 25.0 Å². The Morgan fingerprint density at radius 1 is 1.12 bits per heavy atom. The predicted octanol–water partition coefficient (Wildman–Crippen LogP) is 2.48. The minimum Gasteiger partial charge on any atom is -0.366 e. The third kappa shape index (κ3) is 3.66. The van der Waals surface area contributed by atoms with Gasteiger partial charge >= 0.3 is 0 Å². The van der Waals surface area contributed by atoms with E-state index in [2.05, 4.69) is 28.2 Å². The largest absolute Gasteiger partial charge is 0.366 e. The summed E-state index contributed by atoms with van der Waals surface area (Å²) in [4.78, 5) is 35.9. The molecule has 0 radical (unpaired) electrons. The Bertz CT molecular complexity index is 1220. The lowest BCUT2D eigenvalue weighted by molar-refractivity contribution is -0.122. The van der Waals surface area contributed by atoms with Gasteiger partial charge in [-0.25, -0.2) is 4.98 Å². The van der Waals surface area contributed by atoms with Gasteiger partial charge in [-0.15, -0.1) is 0 Å². The molecule has 2 aromatic carbocycles. The molecule has 2 atom stereocenters. The van der Waals surface area contributed by atoms with Gasteiger partial charge in [0.25, 0.3) is 5.56 Å². The molecule has 0 saturated carbocycles. The fraction of sp³-hybridized carbons (Fsp3) is 0.400. The Balaban J connectivity index is 1.60. The zero-order valence-corrected chi connectivity index (χ0v) is 18.8. The number of fused-ring (bicyclic) bond motifs is 3. The number of benzene rings is 2. The fourth-order valence-electron chi connectivity index (χ4n) is 5.04. The summed E-state index contributed by atoms with van der Waals surface area (Å²) in [5, 5.41) is 3.44. The number of hydrogen-bond acceptors (Lipinski definition) is 5. The molecule has 7 nitrogen and oxygen atoms in total. The second-order valence-electron chi connectivity index (χ2n) is 9.25. The van der Waals surface area contributed by atoms with E-state index < -0.39 is 0 Å². The van der Waals surface area contributed by atoms with Crippen molar-refractivity contribution in [2.45, 2.75) is 44.9 Å². The van der Waals surface area contributed by atoms with E-state index in [4.69, 9.17) is 4.98 Å². The highest BCUT2D eigenvalue weighted by Crippen LogP contribution is 2.34. The number of hydrogen-bond donors (Lipinski definition) is 1. The smallest absolute Gasteiger partial charge is 0.262 e. The average molecular weight is 432 g/mol. The number of carbonyl (C=O) groups is 1. The number of amides is 1. The fourth-order valence-corrected chi connectivity index (χ4v) is 5.04. The topological polar surface area (TPSA) is 70.5 Å². The maximum atomic E-state index is 13.6. The van der Waals surface area contributed by atoms with Gasteiger partial charge in [-0.2, -0.15) is 0 Å². The summed E-state index contributed by atoms with van der Waals surface area (Å²) in [5.74, 6) is 0.313. The zero-order valence-electron chi connectivity index (χ0n) is 18.8. The molecule has 7 heteroatoms. The van der Waals surface area contributed by atoms with Crippen molar-refractivity contribution in [2.24, 2.45) is 0 Å². The van der Waals surface area contributed by atoms with Crippen LogP contribution < -0.4 is 15.8 Å². The number of aromatic nitrogens is 2. The summed E-state index contributed by atoms with van der Waals surface area (Å²) in [7, 11) is 2.18. The third-order valence-corrected chi connectivity index (χ3v) is 6.57. The molecule has 0 spiro atoms. The van der Waals surface area contributed by atoms with Crippen molar-refractivity contribution in [1.82, 2.24) is 19.8 Å². The van der Waals surface area contributed by atoms with E-state index in [1.54, 1.807) is 0 Å². The lowest BCUT2D eigenvalue weighted by Crippen LogP contribution is -2.44. The molecular weight excluding hydrogens is 402 g/mol. The van der Waals surface area contributed by atoms with Crippen LogP contribution >= 0.6 is 0 Å². The number of rotatable bonds is 5. The monoisotopic (exact) mass is 431 g/mol. The summed E-state index contributed by atoms with van der Waals surface area (Å²) < 4.78 is 1.50. The molecule has 166 valence electrons. The molecule has 2 saturated heterocycles. The van der Waals surface area contributed by atoms with Crippen LogP contribution in [0.3, 0.4) is 0 Å². The van der Waals surface area contributed by atoms with E-state index in [-0.39, 0.29) is 24.1 Å². The van der Waals surface area contributed by atoms with Gasteiger partial charge in [-0.3, -0.25) is 19.1 Å². The van der Waals surface area contributed by atoms with E-state index in [0.29, 0.717) is 28.8 Å². The number of nitrogens with one attached hydrogen (secondary N) is 1. The molecule has 1 aromatic heterocycles. The summed E-state index contributed by atoms with van der Waals surface area (Å²) >= 11 is 0. The predicted molar refractivity (Wildman–Crippen MR) is 127 cm³/mol. The van der Waals surface area contributed by atoms with E-state index >= 15 is 0 Å². The summed E-state index contributed by atoms with van der Waals surface area (Å²) in [6, 6.07) is 16.6. The standard InChI is InChI=1S/C25H29N5O2/c1-16(2)26-23(31)15-30-24(17-7-5-4-6-8-17)27-22-10-9-18(12-21(22)25(30)32)29-14-19-11-20(29)13-28(19)3/h4-10,12,16,19-20H,11,13-15H2,1-3H3,(H,26,31)/t19-,20-/m0/s1. The van der Waals surface area contributed by atoms with Gasteiger partial charge in [-0.1, -0.05) is 30.3 Å².